The molecule has 0 aromatic heterocycles. The van der Waals surface area contributed by atoms with E-state index in [1.165, 1.54) is 5.56 Å². The minimum atomic E-state index is 0. The number of hydrogen-bond donors (Lipinski definition) is 0. The van der Waals surface area contributed by atoms with E-state index in [1.54, 1.807) is 0 Å². The second kappa shape index (κ2) is 7.62. The summed E-state index contributed by atoms with van der Waals surface area (Å²) in [5, 5.41) is 0.792. The minimum Gasteiger partial charge on any atom is -0.412 e. The SMILES string of the molecule is C[CH-]c1ccc(Cl)cc1.O.[K+]. The Kier molecular flexibility index (Phi) is 10.0. The number of rotatable bonds is 1. The summed E-state index contributed by atoms with van der Waals surface area (Å²) in [4.78, 5) is 0. The van der Waals surface area contributed by atoms with E-state index >= 15 is 0 Å². The van der Waals surface area contributed by atoms with Gasteiger partial charge >= 0.3 is 51.4 Å². The smallest absolute Gasteiger partial charge is 0.412 e. The van der Waals surface area contributed by atoms with Crippen molar-refractivity contribution in [2.45, 2.75) is 6.92 Å². The predicted octanol–water partition coefficient (Wildman–Crippen LogP) is -0.908. The van der Waals surface area contributed by atoms with Gasteiger partial charge in [0.25, 0.3) is 0 Å². The number of hydrogen-bond acceptors (Lipinski definition) is 0. The molecule has 0 fully saturated rings. The van der Waals surface area contributed by atoms with Gasteiger partial charge in [-0.3, -0.25) is 0 Å². The second-order valence-electron chi connectivity index (χ2n) is 1.84. The molecule has 0 spiro atoms. The van der Waals surface area contributed by atoms with Crippen molar-refractivity contribution in [2.75, 3.05) is 0 Å². The van der Waals surface area contributed by atoms with Gasteiger partial charge < -0.3 is 5.48 Å². The molecule has 3 heteroatoms. The van der Waals surface area contributed by atoms with Gasteiger partial charge in [0.1, 0.15) is 0 Å². The molecule has 56 valence electrons. The van der Waals surface area contributed by atoms with Gasteiger partial charge in [-0.15, -0.1) is 0 Å². The monoisotopic (exact) mass is 196 g/mol. The van der Waals surface area contributed by atoms with Crippen LogP contribution in [-0.2, 0) is 0 Å². The van der Waals surface area contributed by atoms with Crippen LogP contribution in [0.3, 0.4) is 0 Å². The first-order valence-corrected chi connectivity index (χ1v) is 3.25. The Morgan fingerprint density at radius 3 is 2.00 bits per heavy atom. The van der Waals surface area contributed by atoms with Gasteiger partial charge in [-0.25, -0.2) is 0 Å². The van der Waals surface area contributed by atoms with Gasteiger partial charge in [0.15, 0.2) is 0 Å². The predicted molar refractivity (Wildman–Crippen MR) is 44.1 cm³/mol. The molecule has 0 amide bonds. The molecule has 0 aliphatic carbocycles. The van der Waals surface area contributed by atoms with Crippen molar-refractivity contribution in [1.29, 1.82) is 0 Å². The standard InChI is InChI=1S/C8H8Cl.K.H2O/c1-2-7-3-5-8(9)6-4-7;;/h2-6H,1H3;;1H2/q-1;+1;. The Balaban J connectivity index is 0. The van der Waals surface area contributed by atoms with E-state index < -0.39 is 0 Å². The van der Waals surface area contributed by atoms with Crippen molar-refractivity contribution in [2.24, 2.45) is 0 Å². The summed E-state index contributed by atoms with van der Waals surface area (Å²) < 4.78 is 0. The fourth-order valence-electron chi connectivity index (χ4n) is 0.655. The molecule has 0 aliphatic rings. The molecule has 0 saturated heterocycles. The van der Waals surface area contributed by atoms with E-state index in [1.807, 2.05) is 37.6 Å². The number of benzene rings is 1. The van der Waals surface area contributed by atoms with Crippen LogP contribution in [-0.4, -0.2) is 5.48 Å². The third-order valence-electron chi connectivity index (χ3n) is 1.20. The quantitative estimate of drug-likeness (QED) is 0.412. The van der Waals surface area contributed by atoms with Crippen LogP contribution in [0.2, 0.25) is 5.02 Å². The van der Waals surface area contributed by atoms with Crippen LogP contribution >= 0.6 is 11.6 Å². The first kappa shape index (κ1) is 14.5. The Hall–Kier alpha value is 0.976. The van der Waals surface area contributed by atoms with Crippen molar-refractivity contribution in [1.82, 2.24) is 0 Å². The summed E-state index contributed by atoms with van der Waals surface area (Å²) in [5.74, 6) is 0. The summed E-state index contributed by atoms with van der Waals surface area (Å²) >= 11 is 5.65. The van der Waals surface area contributed by atoms with Crippen LogP contribution in [0.1, 0.15) is 12.5 Å². The van der Waals surface area contributed by atoms with Crippen molar-refractivity contribution in [3.63, 3.8) is 0 Å². The Labute approximate surface area is 115 Å². The molecule has 11 heavy (non-hydrogen) atoms. The van der Waals surface area contributed by atoms with E-state index in [-0.39, 0.29) is 56.9 Å². The van der Waals surface area contributed by atoms with Gasteiger partial charge in [0, 0.05) is 5.02 Å². The van der Waals surface area contributed by atoms with E-state index in [0.29, 0.717) is 0 Å². The zero-order valence-corrected chi connectivity index (χ0v) is 10.6. The van der Waals surface area contributed by atoms with Crippen LogP contribution < -0.4 is 51.4 Å². The van der Waals surface area contributed by atoms with Crippen LogP contribution in [0.25, 0.3) is 0 Å². The largest absolute Gasteiger partial charge is 1.00 e. The molecule has 0 unspecified atom stereocenters. The van der Waals surface area contributed by atoms with Crippen LogP contribution in [0.15, 0.2) is 24.3 Å². The zero-order chi connectivity index (χ0) is 6.69. The molecule has 2 N–H and O–H groups in total. The van der Waals surface area contributed by atoms with Crippen molar-refractivity contribution >= 4 is 11.6 Å². The maximum atomic E-state index is 5.65. The summed E-state index contributed by atoms with van der Waals surface area (Å²) in [6.07, 6.45) is 2.04. The summed E-state index contributed by atoms with van der Waals surface area (Å²) in [7, 11) is 0. The molecule has 0 radical (unpaired) electrons. The molecular formula is C8H10ClKO. The van der Waals surface area contributed by atoms with E-state index in [9.17, 15) is 0 Å². The van der Waals surface area contributed by atoms with E-state index in [0.717, 1.165) is 5.02 Å². The molecule has 0 heterocycles. The van der Waals surface area contributed by atoms with Crippen molar-refractivity contribution in [3.05, 3.63) is 41.3 Å². The minimum absolute atomic E-state index is 0. The molecule has 1 aromatic carbocycles. The molecule has 0 saturated carbocycles. The van der Waals surface area contributed by atoms with Crippen molar-refractivity contribution in [3.8, 4) is 0 Å². The van der Waals surface area contributed by atoms with E-state index in [4.69, 9.17) is 11.6 Å². The molecule has 0 bridgehead atoms. The van der Waals surface area contributed by atoms with Gasteiger partial charge in [-0.05, 0) is 0 Å². The normalized spacial score (nSPS) is 7.45. The molecule has 1 rings (SSSR count). The average molecular weight is 197 g/mol. The summed E-state index contributed by atoms with van der Waals surface area (Å²) in [6.45, 7) is 2.00. The first-order valence-electron chi connectivity index (χ1n) is 2.88. The fourth-order valence-corrected chi connectivity index (χ4v) is 0.781. The van der Waals surface area contributed by atoms with Crippen LogP contribution in [0.4, 0.5) is 0 Å². The maximum absolute atomic E-state index is 5.65. The third-order valence-corrected chi connectivity index (χ3v) is 1.46. The van der Waals surface area contributed by atoms with Crippen LogP contribution in [0, 0.1) is 6.42 Å². The summed E-state index contributed by atoms with van der Waals surface area (Å²) in [6, 6.07) is 7.75. The van der Waals surface area contributed by atoms with Crippen LogP contribution in [0.5, 0.6) is 0 Å². The molecule has 1 aromatic rings. The second-order valence-corrected chi connectivity index (χ2v) is 2.28. The average Bonchev–Trinajstić information content (AvgIpc) is 1.90. The Bertz CT molecular complexity index is 186. The molecule has 1 nitrogen and oxygen atoms in total. The van der Waals surface area contributed by atoms with Crippen molar-refractivity contribution < 1.29 is 56.9 Å². The first-order chi connectivity index (χ1) is 4.33. The Morgan fingerprint density at radius 2 is 1.64 bits per heavy atom. The Morgan fingerprint density at radius 1 is 1.18 bits per heavy atom. The van der Waals surface area contributed by atoms with Gasteiger partial charge in [0.05, 0.1) is 0 Å². The molecular weight excluding hydrogens is 187 g/mol. The molecule has 0 atom stereocenters. The number of halogens is 1. The summed E-state index contributed by atoms with van der Waals surface area (Å²) in [5.41, 5.74) is 1.21. The van der Waals surface area contributed by atoms with Gasteiger partial charge in [0.2, 0.25) is 0 Å². The molecule has 0 aliphatic heterocycles. The van der Waals surface area contributed by atoms with Gasteiger partial charge in [-0.2, -0.15) is 24.1 Å². The third kappa shape index (κ3) is 5.25. The van der Waals surface area contributed by atoms with Gasteiger partial charge in [-0.1, -0.05) is 30.7 Å². The topological polar surface area (TPSA) is 31.5 Å². The fraction of sp³-hybridized carbons (Fsp3) is 0.125. The maximum Gasteiger partial charge on any atom is 1.00 e. The zero-order valence-electron chi connectivity index (χ0n) is 6.76. The van der Waals surface area contributed by atoms with E-state index in [2.05, 4.69) is 0 Å².